The number of benzene rings is 9. The normalized spacial score (nSPS) is 12.7. The number of aromatic amines is 3. The van der Waals surface area contributed by atoms with Gasteiger partial charge in [0.1, 0.15) is 47.1 Å². The molecule has 0 bridgehead atoms. The number of hydrogen-bond donors (Lipinski definition) is 5. The van der Waals surface area contributed by atoms with Crippen molar-refractivity contribution in [1.29, 1.82) is 21.0 Å². The van der Waals surface area contributed by atoms with Gasteiger partial charge in [0.2, 0.25) is 0 Å². The average molecular weight is 1310 g/mol. The second-order valence-electron chi connectivity index (χ2n) is 25.5. The van der Waals surface area contributed by atoms with E-state index in [4.69, 9.17) is 20.2 Å². The van der Waals surface area contributed by atoms with Crippen LogP contribution in [0.15, 0.2) is 254 Å². The summed E-state index contributed by atoms with van der Waals surface area (Å²) in [6.45, 7) is 14.8. The molecule has 5 N–H and O–H groups in total. The Morgan fingerprint density at radius 1 is 0.474 bits per heavy atom. The van der Waals surface area contributed by atoms with Crippen molar-refractivity contribution in [2.45, 2.75) is 80.8 Å². The molecule has 486 valence electrons. The number of nitriles is 4. The molecule has 0 amide bonds. The van der Waals surface area contributed by atoms with Crippen molar-refractivity contribution in [3.8, 4) is 24.3 Å². The zero-order valence-electron chi connectivity index (χ0n) is 55.6. The fraction of sp³-hybridized carbons (Fsp3) is 0.195. The maximum Gasteiger partial charge on any atom is 0.269 e. The van der Waals surface area contributed by atoms with E-state index >= 15 is 0 Å². The molecule has 4 atom stereocenters. The van der Waals surface area contributed by atoms with Crippen molar-refractivity contribution in [3.05, 3.63) is 316 Å². The third-order valence-electron chi connectivity index (χ3n) is 18.3. The first-order valence-corrected chi connectivity index (χ1v) is 36.8. The average Bonchev–Trinajstić information content (AvgIpc) is 1.62. The van der Waals surface area contributed by atoms with Crippen molar-refractivity contribution in [3.63, 3.8) is 0 Å². The van der Waals surface area contributed by atoms with Gasteiger partial charge in [-0.15, -0.1) is 0 Å². The highest BCUT2D eigenvalue weighted by atomic mass is 32.2. The Balaban J connectivity index is 0.000000146. The van der Waals surface area contributed by atoms with Gasteiger partial charge >= 0.3 is 0 Å². The summed E-state index contributed by atoms with van der Waals surface area (Å²) in [6.07, 6.45) is 1.06. The summed E-state index contributed by atoms with van der Waals surface area (Å²) in [6, 6.07) is 89.7. The molecule has 0 saturated carbocycles. The lowest BCUT2D eigenvalue weighted by molar-refractivity contribution is 0.275. The molecule has 13 aromatic rings. The topological polar surface area (TPSA) is 223 Å². The maximum atomic E-state index is 13.4. The second-order valence-corrected chi connectivity index (χ2v) is 32.1. The first-order valence-electron chi connectivity index (χ1n) is 32.4. The van der Waals surface area contributed by atoms with E-state index in [0.29, 0.717) is 46.4 Å². The third-order valence-corrected chi connectivity index (χ3v) is 24.5. The van der Waals surface area contributed by atoms with Crippen LogP contribution < -0.4 is 5.32 Å². The molecule has 9 aromatic carbocycles. The van der Waals surface area contributed by atoms with E-state index in [-0.39, 0.29) is 34.1 Å². The summed E-state index contributed by atoms with van der Waals surface area (Å²) >= 11 is 0. The van der Waals surface area contributed by atoms with E-state index in [1.807, 2.05) is 116 Å². The summed E-state index contributed by atoms with van der Waals surface area (Å²) in [4.78, 5) is 9.41. The molecule has 0 radical (unpaired) electrons. The highest BCUT2D eigenvalue weighted by Crippen LogP contribution is 2.40. The molecule has 0 aliphatic rings. The highest BCUT2D eigenvalue weighted by molar-refractivity contribution is 7.90. The van der Waals surface area contributed by atoms with E-state index < -0.39 is 18.3 Å². The molecule has 0 saturated heterocycles. The number of aliphatic hydroxyl groups excluding tert-OH is 1. The minimum atomic E-state index is -3.92. The molecule has 97 heavy (non-hydrogen) atoms. The standard InChI is InChI=1S/C29H32N2O3SSi.C18H17N3.C18H16N2.C17H14N2O/c1-29(2,3)36(4,5)34-21-27(22-12-8-6-9-13-22)23-16-17-28-24(18-23)19-25(20-30)31(28)35(32,33)26-14-10-7-11-15-26;1-20-12-17(13-5-3-2-4-6-13)14-7-8-18-15(9-14)10-16(11-19)21-18;1-2-17(13-6-4-3-5-7-13)14-8-9-18-15(10-14)11-16(12-19)20-18;18-10-15-9-14-8-13(6-7-17(14)19-15)16(11-20)12-4-2-1-3-5-12/h6-19,27H,21H2,1-5H3;2-10,17,20-21H,12H2,1H3;3-11,17,20H,2H2,1H3;1-9,16,19-20H,11H2. The SMILES string of the molecule is CC(C)(C)[Si](C)(C)OCC(c1ccccc1)c1ccc2c(c1)cc(C#N)n2S(=O)(=O)c1ccccc1.CCC(c1ccccc1)c1ccc2[nH]c(C#N)cc2c1.CNCC(c1ccccc1)c1ccc2[nH]c(C#N)cc2c1.N#Cc1cc2cc(C(CO)c3ccccc3)ccc2[nH]1. The van der Waals surface area contributed by atoms with Crippen LogP contribution in [0.25, 0.3) is 43.6 Å². The van der Waals surface area contributed by atoms with Crippen LogP contribution in [0.3, 0.4) is 0 Å². The van der Waals surface area contributed by atoms with Gasteiger partial charge < -0.3 is 29.8 Å². The Bertz CT molecular complexity index is 4950. The maximum absolute atomic E-state index is 13.4. The van der Waals surface area contributed by atoms with Gasteiger partial charge in [0, 0.05) is 74.9 Å². The van der Waals surface area contributed by atoms with Gasteiger partial charge in [0.05, 0.1) is 17.0 Å². The summed E-state index contributed by atoms with van der Waals surface area (Å²) in [5.74, 6) is 0.646. The van der Waals surface area contributed by atoms with Crippen LogP contribution in [-0.2, 0) is 14.4 Å². The fourth-order valence-electron chi connectivity index (χ4n) is 12.1. The quantitative estimate of drug-likeness (QED) is 0.0546. The molecule has 13 nitrogen and oxygen atoms in total. The Labute approximate surface area is 569 Å². The van der Waals surface area contributed by atoms with Gasteiger partial charge in [-0.25, -0.2) is 12.4 Å². The number of nitrogens with zero attached hydrogens (tertiary/aromatic N) is 5. The predicted molar refractivity (Wildman–Crippen MR) is 392 cm³/mol. The zero-order valence-corrected chi connectivity index (χ0v) is 57.4. The largest absolute Gasteiger partial charge is 0.416 e. The van der Waals surface area contributed by atoms with Crippen LogP contribution in [-0.4, -0.2) is 67.6 Å². The number of H-pyrrole nitrogens is 3. The minimum absolute atomic E-state index is 0.0238. The van der Waals surface area contributed by atoms with E-state index in [1.165, 1.54) is 22.3 Å². The molecular formula is C82H79N9O4SSi. The van der Waals surface area contributed by atoms with E-state index in [0.717, 1.165) is 71.9 Å². The monoisotopic (exact) mass is 1310 g/mol. The highest BCUT2D eigenvalue weighted by Gasteiger charge is 2.38. The Morgan fingerprint density at radius 3 is 1.25 bits per heavy atom. The molecule has 4 aromatic heterocycles. The summed E-state index contributed by atoms with van der Waals surface area (Å²) in [5.41, 5.74) is 14.8. The lowest BCUT2D eigenvalue weighted by Gasteiger charge is -2.37. The van der Waals surface area contributed by atoms with Crippen LogP contribution in [0, 0.1) is 45.3 Å². The molecule has 0 spiro atoms. The molecule has 0 fully saturated rings. The molecule has 0 aliphatic heterocycles. The first kappa shape index (κ1) is 69.0. The van der Waals surface area contributed by atoms with Crippen molar-refractivity contribution in [2.24, 2.45) is 0 Å². The molecule has 15 heteroatoms. The molecule has 13 rings (SSSR count). The van der Waals surface area contributed by atoms with Crippen LogP contribution in [0.5, 0.6) is 0 Å². The minimum Gasteiger partial charge on any atom is -0.416 e. The van der Waals surface area contributed by atoms with E-state index in [9.17, 15) is 18.8 Å². The smallest absolute Gasteiger partial charge is 0.269 e. The van der Waals surface area contributed by atoms with Gasteiger partial charge in [-0.05, 0) is 161 Å². The number of fused-ring (bicyclic) bond motifs is 4. The van der Waals surface area contributed by atoms with Crippen molar-refractivity contribution < 1.29 is 18.0 Å². The molecular weight excluding hydrogens is 1240 g/mol. The number of aliphatic hydroxyl groups is 1. The van der Waals surface area contributed by atoms with E-state index in [2.05, 4.69) is 182 Å². The van der Waals surface area contributed by atoms with Crippen molar-refractivity contribution in [1.82, 2.24) is 24.2 Å². The lowest BCUT2D eigenvalue weighted by Crippen LogP contribution is -2.41. The van der Waals surface area contributed by atoms with Gasteiger partial charge in [-0.2, -0.15) is 21.0 Å². The third kappa shape index (κ3) is 16.1. The van der Waals surface area contributed by atoms with Crippen LogP contribution in [0.2, 0.25) is 18.1 Å². The molecule has 4 unspecified atom stereocenters. The van der Waals surface area contributed by atoms with Gasteiger partial charge in [0.25, 0.3) is 10.0 Å². The van der Waals surface area contributed by atoms with Crippen LogP contribution >= 0.6 is 0 Å². The molecule has 4 heterocycles. The summed E-state index contributed by atoms with van der Waals surface area (Å²) in [5, 5.41) is 53.6. The van der Waals surface area contributed by atoms with Crippen molar-refractivity contribution in [2.75, 3.05) is 26.8 Å². The lowest BCUT2D eigenvalue weighted by atomic mass is 9.89. The van der Waals surface area contributed by atoms with Gasteiger partial charge in [0.15, 0.2) is 8.32 Å². The number of hydrogen-bond acceptors (Lipinski definition) is 9. The summed E-state index contributed by atoms with van der Waals surface area (Å²) < 4.78 is 34.6. The Kier molecular flexibility index (Phi) is 22.1. The number of likely N-dealkylation sites (N-methyl/N-ethyl adjacent to an activating group) is 1. The van der Waals surface area contributed by atoms with Crippen LogP contribution in [0.4, 0.5) is 0 Å². The van der Waals surface area contributed by atoms with Gasteiger partial charge in [-0.1, -0.05) is 191 Å². The Morgan fingerprint density at radius 2 is 0.845 bits per heavy atom. The number of nitrogens with one attached hydrogen (secondary N) is 4. The number of rotatable bonds is 17. The zero-order chi connectivity index (χ0) is 68.7. The second kappa shape index (κ2) is 31.1. The first-order chi connectivity index (χ1) is 46.9. The predicted octanol–water partition coefficient (Wildman–Crippen LogP) is 18.0. The van der Waals surface area contributed by atoms with Crippen LogP contribution in [0.1, 0.15) is 125 Å². The molecule has 0 aliphatic carbocycles. The number of aromatic nitrogens is 4. The van der Waals surface area contributed by atoms with Crippen molar-refractivity contribution >= 4 is 62.0 Å². The fourth-order valence-corrected chi connectivity index (χ4v) is 14.6. The summed E-state index contributed by atoms with van der Waals surface area (Å²) in [7, 11) is -3.94. The Hall–Kier alpha value is -10.9. The van der Waals surface area contributed by atoms with Gasteiger partial charge in [-0.3, -0.25) is 0 Å². The van der Waals surface area contributed by atoms with E-state index in [1.54, 1.807) is 42.5 Å².